The maximum Gasteiger partial charge on any atom is 0.232 e. The monoisotopic (exact) mass is 448 g/mol. The number of rotatable bonds is 5. The molecule has 0 saturated carbocycles. The third-order valence-electron chi connectivity index (χ3n) is 6.46. The second kappa shape index (κ2) is 8.50. The largest absolute Gasteiger partial charge is 0.387 e. The SMILES string of the molecule is CS(=O)(=O)N1CCc2cc(C(O)CN3CCCC(O)(c4ccc(F)cc4)CC3)ccc21. The van der Waals surface area contributed by atoms with Gasteiger partial charge < -0.3 is 15.1 Å². The van der Waals surface area contributed by atoms with Gasteiger partial charge in [-0.15, -0.1) is 0 Å². The lowest BCUT2D eigenvalue weighted by Gasteiger charge is -2.28. The van der Waals surface area contributed by atoms with E-state index < -0.39 is 21.7 Å². The van der Waals surface area contributed by atoms with E-state index in [1.54, 1.807) is 24.3 Å². The fourth-order valence-electron chi connectivity index (χ4n) is 4.70. The van der Waals surface area contributed by atoms with Crippen LogP contribution in [-0.2, 0) is 22.0 Å². The van der Waals surface area contributed by atoms with E-state index in [2.05, 4.69) is 4.90 Å². The topological polar surface area (TPSA) is 81.1 Å². The van der Waals surface area contributed by atoms with Crippen molar-refractivity contribution in [2.24, 2.45) is 0 Å². The van der Waals surface area contributed by atoms with Gasteiger partial charge in [0.05, 0.1) is 23.6 Å². The molecule has 1 saturated heterocycles. The molecule has 2 aromatic carbocycles. The molecule has 0 spiro atoms. The molecule has 2 N–H and O–H groups in total. The summed E-state index contributed by atoms with van der Waals surface area (Å²) in [5.41, 5.74) is 2.13. The standard InChI is InChI=1S/C23H29FN2O4S/c1-31(29,30)26-13-9-17-15-18(3-8-21(17)26)22(27)16-25-12-2-10-23(28,11-14-25)19-4-6-20(24)7-5-19/h3-8,15,22,27-28H,2,9-14,16H2,1H3. The molecule has 0 radical (unpaired) electrons. The molecule has 0 amide bonds. The average Bonchev–Trinajstić information content (AvgIpc) is 3.07. The van der Waals surface area contributed by atoms with Crippen LogP contribution >= 0.6 is 0 Å². The zero-order chi connectivity index (χ0) is 22.2. The molecule has 4 rings (SSSR count). The van der Waals surface area contributed by atoms with Gasteiger partial charge in [-0.25, -0.2) is 12.8 Å². The fraction of sp³-hybridized carbons (Fsp3) is 0.478. The molecule has 2 aliphatic rings. The number of fused-ring (bicyclic) bond motifs is 1. The lowest BCUT2D eigenvalue weighted by atomic mass is 9.87. The summed E-state index contributed by atoms with van der Waals surface area (Å²) in [6, 6.07) is 11.5. The van der Waals surface area contributed by atoms with E-state index in [4.69, 9.17) is 0 Å². The smallest absolute Gasteiger partial charge is 0.232 e. The normalized spacial score (nSPS) is 23.4. The Morgan fingerprint density at radius 1 is 1.10 bits per heavy atom. The number of halogens is 1. The van der Waals surface area contributed by atoms with Gasteiger partial charge in [0.1, 0.15) is 5.82 Å². The van der Waals surface area contributed by atoms with Gasteiger partial charge in [-0.2, -0.15) is 0 Å². The van der Waals surface area contributed by atoms with Crippen LogP contribution < -0.4 is 4.31 Å². The minimum atomic E-state index is -3.29. The fourth-order valence-corrected chi connectivity index (χ4v) is 5.66. The Morgan fingerprint density at radius 2 is 1.84 bits per heavy atom. The van der Waals surface area contributed by atoms with Crippen molar-refractivity contribution in [1.82, 2.24) is 4.90 Å². The van der Waals surface area contributed by atoms with Gasteiger partial charge in [-0.05, 0) is 67.1 Å². The molecule has 0 aliphatic carbocycles. The van der Waals surface area contributed by atoms with Crippen LogP contribution in [0.25, 0.3) is 0 Å². The molecular weight excluding hydrogens is 419 g/mol. The number of sulfonamides is 1. The maximum absolute atomic E-state index is 13.2. The van der Waals surface area contributed by atoms with E-state index in [0.29, 0.717) is 44.6 Å². The van der Waals surface area contributed by atoms with Gasteiger partial charge in [0, 0.05) is 19.6 Å². The van der Waals surface area contributed by atoms with Gasteiger partial charge in [-0.1, -0.05) is 24.3 Å². The summed E-state index contributed by atoms with van der Waals surface area (Å²) in [6.45, 7) is 2.25. The first kappa shape index (κ1) is 22.2. The summed E-state index contributed by atoms with van der Waals surface area (Å²) in [4.78, 5) is 2.14. The summed E-state index contributed by atoms with van der Waals surface area (Å²) in [7, 11) is -3.29. The van der Waals surface area contributed by atoms with Gasteiger partial charge in [0.15, 0.2) is 0 Å². The van der Waals surface area contributed by atoms with Crippen molar-refractivity contribution in [2.45, 2.75) is 37.4 Å². The molecule has 2 heterocycles. The summed E-state index contributed by atoms with van der Waals surface area (Å²) >= 11 is 0. The predicted octanol–water partition coefficient (Wildman–Crippen LogP) is 2.55. The van der Waals surface area contributed by atoms with Crippen LogP contribution in [0.1, 0.15) is 42.1 Å². The van der Waals surface area contributed by atoms with Crippen LogP contribution in [0.4, 0.5) is 10.1 Å². The van der Waals surface area contributed by atoms with Crippen molar-refractivity contribution in [3.8, 4) is 0 Å². The van der Waals surface area contributed by atoms with E-state index in [9.17, 15) is 23.0 Å². The molecule has 0 bridgehead atoms. The summed E-state index contributed by atoms with van der Waals surface area (Å²) < 4.78 is 38.5. The first-order valence-electron chi connectivity index (χ1n) is 10.7. The number of hydrogen-bond donors (Lipinski definition) is 2. The lowest BCUT2D eigenvalue weighted by molar-refractivity contribution is 0.0194. The molecule has 6 nitrogen and oxygen atoms in total. The highest BCUT2D eigenvalue weighted by Crippen LogP contribution is 2.35. The minimum Gasteiger partial charge on any atom is -0.387 e. The molecular formula is C23H29FN2O4S. The van der Waals surface area contributed by atoms with Crippen LogP contribution in [-0.4, -0.2) is 56.0 Å². The van der Waals surface area contributed by atoms with E-state index in [-0.39, 0.29) is 5.82 Å². The number of anilines is 1. The van der Waals surface area contributed by atoms with Crippen LogP contribution in [0.2, 0.25) is 0 Å². The quantitative estimate of drug-likeness (QED) is 0.735. The Balaban J connectivity index is 1.41. The van der Waals surface area contributed by atoms with Crippen LogP contribution in [0.3, 0.4) is 0 Å². The zero-order valence-electron chi connectivity index (χ0n) is 17.7. The number of benzene rings is 2. The Hall–Kier alpha value is -2.00. The molecule has 8 heteroatoms. The molecule has 2 atom stereocenters. The number of nitrogens with zero attached hydrogens (tertiary/aromatic N) is 2. The summed E-state index contributed by atoms with van der Waals surface area (Å²) in [5, 5.41) is 21.9. The Labute approximate surface area is 183 Å². The van der Waals surface area contributed by atoms with Gasteiger partial charge >= 0.3 is 0 Å². The van der Waals surface area contributed by atoms with Gasteiger partial charge in [0.25, 0.3) is 0 Å². The Kier molecular flexibility index (Phi) is 6.09. The minimum absolute atomic E-state index is 0.320. The van der Waals surface area contributed by atoms with Crippen molar-refractivity contribution >= 4 is 15.7 Å². The van der Waals surface area contributed by atoms with Gasteiger partial charge in [0.2, 0.25) is 10.0 Å². The second-order valence-electron chi connectivity index (χ2n) is 8.68. The molecule has 168 valence electrons. The number of β-amino-alcohol motifs (C(OH)–C–C–N with tert-alkyl or cyclic N) is 1. The summed E-state index contributed by atoms with van der Waals surface area (Å²) in [5.74, 6) is -0.320. The van der Waals surface area contributed by atoms with Crippen molar-refractivity contribution in [3.05, 3.63) is 65.0 Å². The number of aliphatic hydroxyl groups excluding tert-OH is 1. The first-order chi connectivity index (χ1) is 14.7. The molecule has 31 heavy (non-hydrogen) atoms. The summed E-state index contributed by atoms with van der Waals surface area (Å²) in [6.07, 6.45) is 3.02. The molecule has 1 fully saturated rings. The highest BCUT2D eigenvalue weighted by molar-refractivity contribution is 7.92. The van der Waals surface area contributed by atoms with E-state index in [0.717, 1.165) is 29.7 Å². The number of aliphatic hydroxyl groups is 2. The van der Waals surface area contributed by atoms with Crippen LogP contribution in [0, 0.1) is 5.82 Å². The van der Waals surface area contributed by atoms with Gasteiger partial charge in [-0.3, -0.25) is 4.31 Å². The lowest BCUT2D eigenvalue weighted by Crippen LogP contribution is -2.32. The van der Waals surface area contributed by atoms with Crippen molar-refractivity contribution in [2.75, 3.05) is 36.7 Å². The third-order valence-corrected chi connectivity index (χ3v) is 7.64. The highest BCUT2D eigenvalue weighted by atomic mass is 32.2. The van der Waals surface area contributed by atoms with E-state index in [1.165, 1.54) is 22.7 Å². The Morgan fingerprint density at radius 3 is 2.55 bits per heavy atom. The van der Waals surface area contributed by atoms with Crippen molar-refractivity contribution in [3.63, 3.8) is 0 Å². The molecule has 0 aromatic heterocycles. The van der Waals surface area contributed by atoms with Crippen molar-refractivity contribution in [1.29, 1.82) is 0 Å². The molecule has 2 aliphatic heterocycles. The van der Waals surface area contributed by atoms with Crippen LogP contribution in [0.5, 0.6) is 0 Å². The number of hydrogen-bond acceptors (Lipinski definition) is 5. The molecule has 2 aromatic rings. The van der Waals surface area contributed by atoms with Crippen molar-refractivity contribution < 1.29 is 23.0 Å². The van der Waals surface area contributed by atoms with E-state index >= 15 is 0 Å². The Bertz CT molecular complexity index is 1040. The third kappa shape index (κ3) is 4.77. The second-order valence-corrected chi connectivity index (χ2v) is 10.6. The highest BCUT2D eigenvalue weighted by Gasteiger charge is 2.33. The first-order valence-corrected chi connectivity index (χ1v) is 12.5. The maximum atomic E-state index is 13.2. The average molecular weight is 449 g/mol. The van der Waals surface area contributed by atoms with E-state index in [1.807, 2.05) is 6.07 Å². The van der Waals surface area contributed by atoms with Crippen LogP contribution in [0.15, 0.2) is 42.5 Å². The predicted molar refractivity (Wildman–Crippen MR) is 118 cm³/mol. The molecule has 2 unspecified atom stereocenters. The zero-order valence-corrected chi connectivity index (χ0v) is 18.5. The number of likely N-dealkylation sites (tertiary alicyclic amines) is 1.